The van der Waals surface area contributed by atoms with Crippen molar-refractivity contribution in [1.82, 2.24) is 4.90 Å². The van der Waals surface area contributed by atoms with Crippen LogP contribution in [0, 0.1) is 11.8 Å². The van der Waals surface area contributed by atoms with Crippen LogP contribution in [0.25, 0.3) is 0 Å². The van der Waals surface area contributed by atoms with E-state index in [9.17, 15) is 19.5 Å². The third-order valence-electron chi connectivity index (χ3n) is 8.66. The number of hydrogen-bond donors (Lipinski definition) is 3. The average molecular weight is 630 g/mol. The summed E-state index contributed by atoms with van der Waals surface area (Å²) < 4.78 is -0.775. The topological polar surface area (TPSA) is 102 Å². The second-order valence-electron chi connectivity index (χ2n) is 10.7. The van der Waals surface area contributed by atoms with E-state index in [1.54, 1.807) is 16.7 Å². The molecule has 214 valence electrons. The maximum atomic E-state index is 14.2. The fraction of sp³-hybridized carbons (Fsp3) is 0.500. The van der Waals surface area contributed by atoms with Crippen LogP contribution in [0.3, 0.4) is 0 Å². The number of carbonyl (C=O) groups excluding carboxylic acids is 3. The van der Waals surface area contributed by atoms with E-state index in [1.807, 2.05) is 61.5 Å². The SMILES string of the molecule is CC[C@@H](CO)N1C(=O)[C@@H]2[C@@H](C(=O)Nc3ccccc3)[C@@H]3SC2(CC3Br)C1C(=O)Nc1ccc(N(CC)CC)cc1. The van der Waals surface area contributed by atoms with Crippen molar-refractivity contribution < 1.29 is 19.5 Å². The largest absolute Gasteiger partial charge is 0.394 e. The molecule has 40 heavy (non-hydrogen) atoms. The van der Waals surface area contributed by atoms with Crippen molar-refractivity contribution in [2.24, 2.45) is 11.8 Å². The van der Waals surface area contributed by atoms with E-state index < -0.39 is 28.7 Å². The van der Waals surface area contributed by atoms with E-state index in [0.29, 0.717) is 24.2 Å². The van der Waals surface area contributed by atoms with Crippen LogP contribution >= 0.6 is 27.7 Å². The van der Waals surface area contributed by atoms with Crippen molar-refractivity contribution in [3.05, 3.63) is 54.6 Å². The Labute approximate surface area is 248 Å². The molecule has 3 heterocycles. The molecule has 3 saturated heterocycles. The zero-order valence-electron chi connectivity index (χ0n) is 23.0. The van der Waals surface area contributed by atoms with E-state index in [2.05, 4.69) is 45.3 Å². The van der Waals surface area contributed by atoms with Crippen LogP contribution in [0.2, 0.25) is 0 Å². The minimum Gasteiger partial charge on any atom is -0.394 e. The molecule has 10 heteroatoms. The van der Waals surface area contributed by atoms with Crippen LogP contribution in [0.1, 0.15) is 33.6 Å². The van der Waals surface area contributed by atoms with Gasteiger partial charge in [-0.05, 0) is 63.1 Å². The van der Waals surface area contributed by atoms with Gasteiger partial charge in [0, 0.05) is 40.2 Å². The minimum atomic E-state index is -0.811. The first-order chi connectivity index (χ1) is 19.3. The first-order valence-corrected chi connectivity index (χ1v) is 15.9. The standard InChI is InChI=1S/C30H37BrN4O4S/c1-4-20(17-36)35-26(28(38)33-19-12-14-21(15-13-19)34(5-2)6-3)30-16-22(31)25(40-30)23(24(30)29(35)39)27(37)32-18-10-8-7-9-11-18/h7-15,20,22-26,36H,4-6,16-17H2,1-3H3,(H,32,37)(H,33,38)/t20-,22?,23+,24-,25+,26?,30?/m0/s1. The highest BCUT2D eigenvalue weighted by molar-refractivity contribution is 9.09. The minimum absolute atomic E-state index is 0.0223. The molecule has 3 fully saturated rings. The molecule has 2 aromatic rings. The fourth-order valence-corrected chi connectivity index (χ4v) is 10.4. The summed E-state index contributed by atoms with van der Waals surface area (Å²) in [6.07, 6.45) is 1.09. The van der Waals surface area contributed by atoms with Crippen molar-refractivity contribution in [3.63, 3.8) is 0 Å². The smallest absolute Gasteiger partial charge is 0.248 e. The Hall–Kier alpha value is -2.56. The van der Waals surface area contributed by atoms with E-state index in [4.69, 9.17) is 0 Å². The highest BCUT2D eigenvalue weighted by atomic mass is 79.9. The number of para-hydroxylation sites is 1. The summed E-state index contributed by atoms with van der Waals surface area (Å²) in [6.45, 7) is 7.62. The highest BCUT2D eigenvalue weighted by Crippen LogP contribution is 2.68. The molecule has 0 radical (unpaired) electrons. The normalized spacial score (nSPS) is 29.3. The van der Waals surface area contributed by atoms with Gasteiger partial charge in [-0.3, -0.25) is 14.4 Å². The van der Waals surface area contributed by atoms with Crippen LogP contribution < -0.4 is 15.5 Å². The Morgan fingerprint density at radius 3 is 2.27 bits per heavy atom. The Balaban J connectivity index is 1.47. The van der Waals surface area contributed by atoms with Gasteiger partial charge in [0.15, 0.2) is 0 Å². The number of fused-ring (bicyclic) bond motifs is 1. The van der Waals surface area contributed by atoms with Gasteiger partial charge >= 0.3 is 0 Å². The number of nitrogens with one attached hydrogen (secondary N) is 2. The quantitative estimate of drug-likeness (QED) is 0.338. The van der Waals surface area contributed by atoms with Crippen molar-refractivity contribution in [2.45, 2.75) is 60.5 Å². The van der Waals surface area contributed by atoms with E-state index in [0.717, 1.165) is 18.8 Å². The van der Waals surface area contributed by atoms with E-state index in [-0.39, 0.29) is 34.4 Å². The van der Waals surface area contributed by atoms with Crippen molar-refractivity contribution in [2.75, 3.05) is 35.2 Å². The Kier molecular flexibility index (Phi) is 8.50. The molecule has 1 spiro atoms. The second-order valence-corrected chi connectivity index (χ2v) is 13.4. The zero-order valence-corrected chi connectivity index (χ0v) is 25.5. The first-order valence-electron chi connectivity index (χ1n) is 14.1. The van der Waals surface area contributed by atoms with Gasteiger partial charge in [-0.15, -0.1) is 11.8 Å². The number of likely N-dealkylation sites (tertiary alicyclic amines) is 1. The lowest BCUT2D eigenvalue weighted by molar-refractivity contribution is -0.141. The van der Waals surface area contributed by atoms with Gasteiger partial charge in [-0.2, -0.15) is 0 Å². The lowest BCUT2D eigenvalue weighted by atomic mass is 9.70. The molecule has 3 unspecified atom stereocenters. The highest BCUT2D eigenvalue weighted by Gasteiger charge is 2.76. The number of rotatable bonds is 10. The number of aliphatic hydroxyl groups is 1. The molecule has 0 saturated carbocycles. The number of nitrogens with zero attached hydrogens (tertiary/aromatic N) is 2. The summed E-state index contributed by atoms with van der Waals surface area (Å²) in [5.41, 5.74) is 2.40. The third-order valence-corrected chi connectivity index (χ3v) is 11.9. The number of thioether (sulfide) groups is 1. The molecule has 0 aromatic heterocycles. The Morgan fingerprint density at radius 2 is 1.68 bits per heavy atom. The molecule has 5 rings (SSSR count). The molecular weight excluding hydrogens is 592 g/mol. The molecular formula is C30H37BrN4O4S. The summed E-state index contributed by atoms with van der Waals surface area (Å²) in [4.78, 5) is 45.8. The van der Waals surface area contributed by atoms with E-state index in [1.165, 1.54) is 0 Å². The number of halogens is 1. The molecule has 8 nitrogen and oxygen atoms in total. The summed E-state index contributed by atoms with van der Waals surface area (Å²) in [7, 11) is 0. The van der Waals surface area contributed by atoms with Crippen LogP contribution in [0.5, 0.6) is 0 Å². The van der Waals surface area contributed by atoms with Gasteiger partial charge in [-0.1, -0.05) is 41.1 Å². The van der Waals surface area contributed by atoms with Crippen LogP contribution in [0.4, 0.5) is 17.1 Å². The summed E-state index contributed by atoms with van der Waals surface area (Å²) >= 11 is 5.38. The predicted octanol–water partition coefficient (Wildman–Crippen LogP) is 4.35. The third kappa shape index (κ3) is 4.81. The van der Waals surface area contributed by atoms with Crippen molar-refractivity contribution in [1.29, 1.82) is 0 Å². The maximum absolute atomic E-state index is 14.2. The van der Waals surface area contributed by atoms with Gasteiger partial charge in [0.1, 0.15) is 6.04 Å². The molecule has 2 bridgehead atoms. The first kappa shape index (κ1) is 29.0. The molecule has 0 aliphatic carbocycles. The maximum Gasteiger partial charge on any atom is 0.248 e. The number of aliphatic hydroxyl groups excluding tert-OH is 1. The lowest BCUT2D eigenvalue weighted by Gasteiger charge is -2.37. The summed E-state index contributed by atoms with van der Waals surface area (Å²) in [5, 5.41) is 16.2. The van der Waals surface area contributed by atoms with Crippen LogP contribution in [0.15, 0.2) is 54.6 Å². The number of carbonyl (C=O) groups is 3. The number of benzene rings is 2. The Morgan fingerprint density at radius 1 is 1.05 bits per heavy atom. The number of anilines is 3. The number of hydrogen-bond acceptors (Lipinski definition) is 6. The molecule has 2 aromatic carbocycles. The van der Waals surface area contributed by atoms with Crippen molar-refractivity contribution in [3.8, 4) is 0 Å². The molecule has 7 atom stereocenters. The van der Waals surface area contributed by atoms with Gasteiger partial charge in [0.25, 0.3) is 0 Å². The van der Waals surface area contributed by atoms with Crippen LogP contribution in [-0.2, 0) is 14.4 Å². The number of amides is 3. The zero-order chi connectivity index (χ0) is 28.6. The average Bonchev–Trinajstić information content (AvgIpc) is 3.55. The second kappa shape index (κ2) is 11.7. The predicted molar refractivity (Wildman–Crippen MR) is 164 cm³/mol. The monoisotopic (exact) mass is 628 g/mol. The van der Waals surface area contributed by atoms with Gasteiger partial charge in [-0.25, -0.2) is 0 Å². The fourth-order valence-electron chi connectivity index (χ4n) is 6.78. The Bertz CT molecular complexity index is 1240. The van der Waals surface area contributed by atoms with E-state index >= 15 is 0 Å². The molecule has 3 aliphatic rings. The molecule has 3 aliphatic heterocycles. The summed E-state index contributed by atoms with van der Waals surface area (Å²) in [5.74, 6) is -1.96. The lowest BCUT2D eigenvalue weighted by Crippen LogP contribution is -2.55. The van der Waals surface area contributed by atoms with Crippen LogP contribution in [-0.4, -0.2) is 74.3 Å². The van der Waals surface area contributed by atoms with Gasteiger partial charge in [0.05, 0.1) is 29.2 Å². The van der Waals surface area contributed by atoms with Crippen molar-refractivity contribution >= 4 is 62.5 Å². The van der Waals surface area contributed by atoms with Gasteiger partial charge < -0.3 is 25.5 Å². The molecule has 3 N–H and O–H groups in total. The summed E-state index contributed by atoms with van der Waals surface area (Å²) in [6, 6.07) is 15.6. The van der Waals surface area contributed by atoms with Gasteiger partial charge in [0.2, 0.25) is 17.7 Å². The molecule has 3 amide bonds. The number of alkyl halides is 1.